The maximum absolute atomic E-state index is 14.7. The number of aryl methyl sites for hydroxylation is 2. The van der Waals surface area contributed by atoms with Gasteiger partial charge in [0.1, 0.15) is 0 Å². The Morgan fingerprint density at radius 3 is 1.20 bits per heavy atom. The summed E-state index contributed by atoms with van der Waals surface area (Å²) in [5.74, 6) is -1.98. The first kappa shape index (κ1) is 98.4. The smallest absolute Gasteiger partial charge is 0.313 e. The number of esters is 4. The molecule has 10 heterocycles. The minimum Gasteiger partial charge on any atom is -0.443 e. The van der Waals surface area contributed by atoms with Crippen LogP contribution in [0.4, 0.5) is 0 Å². The van der Waals surface area contributed by atoms with Gasteiger partial charge in [-0.2, -0.15) is 10.2 Å². The number of pyridine rings is 2. The summed E-state index contributed by atoms with van der Waals surface area (Å²) in [6, 6.07) is 28.8. The summed E-state index contributed by atoms with van der Waals surface area (Å²) < 4.78 is 30.0. The van der Waals surface area contributed by atoms with E-state index in [1.165, 1.54) is 0 Å². The highest BCUT2D eigenvalue weighted by molar-refractivity contribution is 5.90. The summed E-state index contributed by atoms with van der Waals surface area (Å²) in [6.45, 7) is 24.6. The van der Waals surface area contributed by atoms with Gasteiger partial charge in [-0.15, -0.1) is 0 Å². The van der Waals surface area contributed by atoms with E-state index in [0.717, 1.165) is 266 Å². The number of rotatable bonds is 37. The molecule has 0 bridgehead atoms. The Balaban J connectivity index is 0.000000190. The van der Waals surface area contributed by atoms with Gasteiger partial charge in [0, 0.05) is 132 Å². The molecule has 137 heavy (non-hydrogen) atoms. The number of nitrogens with zero attached hydrogens (tertiary/aromatic N) is 14. The normalized spacial score (nSPS) is 20.4. The van der Waals surface area contributed by atoms with Gasteiger partial charge in [-0.25, -0.2) is 9.36 Å². The Kier molecular flexibility index (Phi) is 31.1. The van der Waals surface area contributed by atoms with Crippen molar-refractivity contribution in [3.8, 4) is 0 Å². The van der Waals surface area contributed by atoms with E-state index in [-0.39, 0.29) is 121 Å². The summed E-state index contributed by atoms with van der Waals surface area (Å²) in [5, 5.41) is 13.0. The Labute approximate surface area is 807 Å². The average molecular weight is 1880 g/mol. The molecule has 8 aromatic rings. The molecule has 4 aliphatic carbocycles. The largest absolute Gasteiger partial charge is 0.443 e. The maximum Gasteiger partial charge on any atom is 0.313 e. The zero-order valence-corrected chi connectivity index (χ0v) is 82.7. The number of carbonyl (C=O) groups is 8. The monoisotopic (exact) mass is 1880 g/mol. The van der Waals surface area contributed by atoms with E-state index in [1.807, 2.05) is 100 Å². The lowest BCUT2D eigenvalue weighted by atomic mass is 9.88. The van der Waals surface area contributed by atoms with Crippen molar-refractivity contribution in [2.75, 3.05) is 119 Å². The molecular weight excluding hydrogens is 1730 g/mol. The van der Waals surface area contributed by atoms with Crippen molar-refractivity contribution < 1.29 is 57.3 Å². The molecular formula is C109H148N14O14. The van der Waals surface area contributed by atoms with E-state index >= 15 is 0 Å². The second-order valence-corrected chi connectivity index (χ2v) is 42.5. The molecule has 6 saturated heterocycles. The lowest BCUT2D eigenvalue weighted by Gasteiger charge is -2.43. The van der Waals surface area contributed by atoms with Gasteiger partial charge in [-0.1, -0.05) is 121 Å². The van der Waals surface area contributed by atoms with E-state index < -0.39 is 22.7 Å². The predicted molar refractivity (Wildman–Crippen MR) is 528 cm³/mol. The van der Waals surface area contributed by atoms with Gasteiger partial charge in [0.05, 0.1) is 61.8 Å². The maximum atomic E-state index is 14.7. The van der Waals surface area contributed by atoms with Gasteiger partial charge in [-0.05, 0) is 277 Å². The highest BCUT2D eigenvalue weighted by atomic mass is 16.6. The van der Waals surface area contributed by atoms with Crippen molar-refractivity contribution in [1.82, 2.24) is 67.9 Å². The van der Waals surface area contributed by atoms with Crippen molar-refractivity contribution in [3.05, 3.63) is 151 Å². The van der Waals surface area contributed by atoms with Gasteiger partial charge >= 0.3 is 23.9 Å². The molecule has 0 spiro atoms. The molecule has 4 amide bonds. The number of fused-ring (bicyclic) bond motifs is 4. The van der Waals surface area contributed by atoms with Crippen LogP contribution in [0.1, 0.15) is 259 Å². The second kappa shape index (κ2) is 43.3. The van der Waals surface area contributed by atoms with Crippen LogP contribution in [0.15, 0.2) is 107 Å². The van der Waals surface area contributed by atoms with Gasteiger partial charge in [0.15, 0.2) is 26.9 Å². The molecule has 6 aliphatic heterocycles. The molecule has 28 heteroatoms. The van der Waals surface area contributed by atoms with Crippen molar-refractivity contribution in [3.63, 3.8) is 0 Å². The number of ether oxygens (including phenoxy) is 4. The van der Waals surface area contributed by atoms with Crippen LogP contribution in [0, 0.1) is 47.3 Å². The molecule has 10 fully saturated rings. The molecule has 2 atom stereocenters. The Morgan fingerprint density at radius 1 is 0.409 bits per heavy atom. The Morgan fingerprint density at radius 2 is 0.796 bits per heavy atom. The van der Waals surface area contributed by atoms with Crippen molar-refractivity contribution in [2.45, 2.75) is 291 Å². The van der Waals surface area contributed by atoms with E-state index in [1.54, 1.807) is 24.7 Å². The average Bonchev–Trinajstić information content (AvgIpc) is 1.77. The summed E-state index contributed by atoms with van der Waals surface area (Å²) in [4.78, 5) is 157. The molecule has 18 rings (SSSR count). The number of piperidine rings is 4. The van der Waals surface area contributed by atoms with Crippen LogP contribution in [0.2, 0.25) is 0 Å². The first-order chi connectivity index (χ1) is 66.3. The first-order valence-corrected chi connectivity index (χ1v) is 52.1. The van der Waals surface area contributed by atoms with Gasteiger partial charge in [-0.3, -0.25) is 66.9 Å². The van der Waals surface area contributed by atoms with Crippen LogP contribution >= 0.6 is 0 Å². The summed E-state index contributed by atoms with van der Waals surface area (Å²) in [5.41, 5.74) is 6.64. The van der Waals surface area contributed by atoms with Crippen LogP contribution in [0.25, 0.3) is 43.6 Å². The number of aromatic nitrogens is 6. The molecule has 0 unspecified atom stereocenters. The van der Waals surface area contributed by atoms with Crippen molar-refractivity contribution in [2.24, 2.45) is 33.5 Å². The number of piperazine rings is 2. The van der Waals surface area contributed by atoms with E-state index in [0.29, 0.717) is 114 Å². The van der Waals surface area contributed by atoms with Crippen LogP contribution in [-0.4, -0.2) is 246 Å². The lowest BCUT2D eigenvalue weighted by molar-refractivity contribution is -0.155. The number of hydrogen-bond acceptors (Lipinski definition) is 20. The zero-order valence-electron chi connectivity index (χ0n) is 82.7. The molecule has 28 nitrogen and oxygen atoms in total. The fourth-order valence-electron chi connectivity index (χ4n) is 23.3. The Bertz CT molecular complexity index is 5790. The zero-order chi connectivity index (χ0) is 95.9. The Hall–Kier alpha value is -10.2. The van der Waals surface area contributed by atoms with Crippen LogP contribution < -0.4 is 11.1 Å². The fourth-order valence-corrected chi connectivity index (χ4v) is 23.3. The number of benzene rings is 4. The number of amides is 4. The topological polar surface area (TPSA) is 279 Å². The van der Waals surface area contributed by atoms with Gasteiger partial charge in [0.25, 0.3) is 11.1 Å². The lowest BCUT2D eigenvalue weighted by Crippen LogP contribution is -2.55. The van der Waals surface area contributed by atoms with E-state index in [9.17, 15) is 47.9 Å². The number of unbranched alkanes of at least 4 members (excludes halogenated alkanes) is 3. The fraction of sp³-hybridized carbons (Fsp3) is 0.633. The third-order valence-corrected chi connectivity index (χ3v) is 32.9. The predicted octanol–water partition coefficient (Wildman–Crippen LogP) is 15.2. The van der Waals surface area contributed by atoms with Crippen LogP contribution in [0.5, 0.6) is 0 Å². The molecule has 0 radical (unpaired) electrons. The summed E-state index contributed by atoms with van der Waals surface area (Å²) in [7, 11) is 4.36. The number of carbonyl (C=O) groups excluding carboxylic acids is 8. The summed E-state index contributed by atoms with van der Waals surface area (Å²) in [6.07, 6.45) is 29.0. The van der Waals surface area contributed by atoms with Crippen molar-refractivity contribution >= 4 is 91.1 Å². The highest BCUT2D eigenvalue weighted by Gasteiger charge is 2.54. The minimum atomic E-state index is -0.553. The number of para-hydroxylation sites is 2. The molecule has 0 N–H and O–H groups in total. The second-order valence-electron chi connectivity index (χ2n) is 42.5. The molecule has 738 valence electrons. The third-order valence-electron chi connectivity index (χ3n) is 32.9. The SMILES string of the molecule is CCCCC1(C(=O)OCn2c(=O)c(C3CCN(C(=O)C[C@H](Cc4cc(C)c5c(cnn5COC(=O)C5(CCC)CC5)c4)C(=O)N4CCN(C5CCN(C)CC5)CC4)CC3)cc3ccccc32)CC1.CCCCC1(C(=O)OCn2cc3cc(C[C@@H](CC(=O)N4CCC(c5cc6ccccc6n(COC(=O)C6(CCCC)CC6)c5=O)CC4)C(=O)N4CCN(C5CCN(C)CC5)CC4)cc(C)c3n2)CC1. The minimum absolute atomic E-state index is 0.0214. The quantitative estimate of drug-likeness (QED) is 0.0258. The molecule has 4 saturated carbocycles. The molecule has 4 aromatic carbocycles. The van der Waals surface area contributed by atoms with Crippen LogP contribution in [0.3, 0.4) is 0 Å². The standard InChI is InChI=1S/C55H75N7O7.C54H73N7O7/c1-5-7-17-54(19-20-54)52(66)68-37-61-36-44-33-40(31-39(3)49(44)56-61)32-43(50(64)60-29-27-58(28-30-60)45-15-23-57(4)24-16-45)35-48(63)59-25-13-41(14-26-59)46-34-42-11-9-10-12-47(42)62(51(46)65)38-69-53(67)55(21-22-55)18-8-6-2;1-5-7-17-54(20-21-54)52(66)67-36-60-46-11-9-8-10-41(46)33-45(50(60)64)40-12-24-58(25-13-40)47(62)34-42(49(63)59-28-26-57(27-29-59)44-14-22-56(4)23-15-44)31-39-30-38(3)48-43(32-39)35-55-61(48)37-68-51(65)53(16-6-2)18-19-53/h9-12,31,33-34,36,41,43,45H,5-8,13-30,32,35,37-38H2,1-4H3;8-11,30,32-33,35,40,42,44H,5-7,12-29,31,34,36-37H2,1-4H3/t43-;42-/m00/s1. The molecule has 4 aromatic heterocycles. The van der Waals surface area contributed by atoms with Crippen molar-refractivity contribution in [1.29, 1.82) is 0 Å². The highest BCUT2D eigenvalue weighted by Crippen LogP contribution is 2.54. The number of hydrogen-bond donors (Lipinski definition) is 0. The number of likely N-dealkylation sites (tertiary alicyclic amines) is 4. The summed E-state index contributed by atoms with van der Waals surface area (Å²) >= 11 is 0. The van der Waals surface area contributed by atoms with E-state index in [4.69, 9.17) is 24.0 Å². The molecule has 10 aliphatic rings. The first-order valence-electron chi connectivity index (χ1n) is 52.1. The van der Waals surface area contributed by atoms with Gasteiger partial charge < -0.3 is 48.3 Å². The van der Waals surface area contributed by atoms with Gasteiger partial charge in [0.2, 0.25) is 23.6 Å². The van der Waals surface area contributed by atoms with Crippen LogP contribution in [-0.2, 0) is 97.1 Å². The third kappa shape index (κ3) is 22.7. The van der Waals surface area contributed by atoms with E-state index in [2.05, 4.69) is 90.8 Å².